The van der Waals surface area contributed by atoms with Crippen LogP contribution in [0.5, 0.6) is 0 Å². The number of aliphatic hydroxyl groups is 1. The van der Waals surface area contributed by atoms with Gasteiger partial charge in [0, 0.05) is 5.56 Å². The van der Waals surface area contributed by atoms with Crippen LogP contribution < -0.4 is 0 Å². The van der Waals surface area contributed by atoms with Gasteiger partial charge in [0.15, 0.2) is 0 Å². The Morgan fingerprint density at radius 2 is 1.56 bits per heavy atom. The van der Waals surface area contributed by atoms with Crippen LogP contribution in [0, 0.1) is 0 Å². The summed E-state index contributed by atoms with van der Waals surface area (Å²) in [7, 11) is 0. The molecule has 0 fully saturated rings. The van der Waals surface area contributed by atoms with Gasteiger partial charge in [-0.1, -0.05) is 95.8 Å². The molecule has 0 spiro atoms. The van der Waals surface area contributed by atoms with Crippen molar-refractivity contribution < 1.29 is 5.11 Å². The molecule has 0 amide bonds. The summed E-state index contributed by atoms with van der Waals surface area (Å²) >= 11 is 0. The highest BCUT2D eigenvalue weighted by Crippen LogP contribution is 2.46. The zero-order valence-electron chi connectivity index (χ0n) is 17.3. The van der Waals surface area contributed by atoms with E-state index in [1.165, 1.54) is 29.5 Å². The molecule has 1 aliphatic carbocycles. The minimum absolute atomic E-state index is 0.110. The maximum absolute atomic E-state index is 9.44. The molecule has 0 radical (unpaired) electrons. The van der Waals surface area contributed by atoms with Crippen molar-refractivity contribution in [3.8, 4) is 0 Å². The second-order valence-electron chi connectivity index (χ2n) is 9.29. The molecule has 2 aromatic rings. The number of hydrogen-bond donors (Lipinski definition) is 1. The molecule has 1 unspecified atom stereocenters. The van der Waals surface area contributed by atoms with Crippen molar-refractivity contribution in [1.82, 2.24) is 0 Å². The average Bonchev–Trinajstić information content (AvgIpc) is 2.63. The monoisotopic (exact) mass is 360 g/mol. The Balaban J connectivity index is 1.85. The lowest BCUT2D eigenvalue weighted by molar-refractivity contribution is 0.331. The maximum Gasteiger partial charge on any atom is 0.115 e. The fraction of sp³-hybridized carbons (Fsp3) is 0.385. The summed E-state index contributed by atoms with van der Waals surface area (Å²) < 4.78 is 0. The third-order valence-corrected chi connectivity index (χ3v) is 6.22. The summed E-state index contributed by atoms with van der Waals surface area (Å²) in [5.41, 5.74) is 6.80. The molecule has 142 valence electrons. The molecule has 1 nitrogen and oxygen atoms in total. The first-order valence-corrected chi connectivity index (χ1v) is 9.92. The highest BCUT2D eigenvalue weighted by Gasteiger charge is 2.36. The first-order chi connectivity index (χ1) is 12.6. The van der Waals surface area contributed by atoms with E-state index in [0.29, 0.717) is 5.92 Å². The van der Waals surface area contributed by atoms with Crippen molar-refractivity contribution in [3.63, 3.8) is 0 Å². The quantitative estimate of drug-likeness (QED) is 0.564. The molecular formula is C26H32O. The Kier molecular flexibility index (Phi) is 5.08. The van der Waals surface area contributed by atoms with Crippen molar-refractivity contribution >= 4 is 11.8 Å². The van der Waals surface area contributed by atoms with Gasteiger partial charge in [0.2, 0.25) is 0 Å². The Morgan fingerprint density at radius 1 is 0.963 bits per heavy atom. The predicted octanol–water partition coefficient (Wildman–Crippen LogP) is 7.38. The molecule has 1 atom stereocenters. The van der Waals surface area contributed by atoms with Crippen LogP contribution in [-0.4, -0.2) is 5.11 Å². The molecular weight excluding hydrogens is 328 g/mol. The van der Waals surface area contributed by atoms with E-state index >= 15 is 0 Å². The van der Waals surface area contributed by atoms with Gasteiger partial charge in [0.1, 0.15) is 5.76 Å². The zero-order chi connectivity index (χ0) is 19.8. The van der Waals surface area contributed by atoms with Gasteiger partial charge in [-0.2, -0.15) is 0 Å². The zero-order valence-corrected chi connectivity index (χ0v) is 17.3. The lowest BCUT2D eigenvalue weighted by Gasteiger charge is -2.42. The van der Waals surface area contributed by atoms with E-state index in [9.17, 15) is 5.11 Å². The van der Waals surface area contributed by atoms with Crippen LogP contribution in [0.15, 0.2) is 55.1 Å². The van der Waals surface area contributed by atoms with Gasteiger partial charge in [0.25, 0.3) is 0 Å². The minimum Gasteiger partial charge on any atom is -0.508 e. The number of hydrogen-bond acceptors (Lipinski definition) is 1. The Bertz CT molecular complexity index is 866. The van der Waals surface area contributed by atoms with Crippen molar-refractivity contribution in [2.75, 3.05) is 0 Å². The second kappa shape index (κ2) is 7.03. The van der Waals surface area contributed by atoms with Gasteiger partial charge < -0.3 is 5.11 Å². The van der Waals surface area contributed by atoms with Crippen molar-refractivity contribution in [2.24, 2.45) is 0 Å². The molecule has 1 N–H and O–H groups in total. The van der Waals surface area contributed by atoms with Gasteiger partial charge in [-0.15, -0.1) is 0 Å². The molecule has 0 heterocycles. The standard InChI is InChI=1S/C26H32O/c1-18(7-8-20-9-11-21(12-10-20)19(2)27)22-13-14-23-24(17-22)26(5,6)16-15-25(23,3)4/h7-14,17-18,27H,2,15-16H2,1,3-6H3/b8-7+. The fourth-order valence-corrected chi connectivity index (χ4v) is 4.04. The van der Waals surface area contributed by atoms with Crippen LogP contribution in [-0.2, 0) is 10.8 Å². The van der Waals surface area contributed by atoms with E-state index in [-0.39, 0.29) is 16.6 Å². The van der Waals surface area contributed by atoms with Gasteiger partial charge in [-0.25, -0.2) is 0 Å². The van der Waals surface area contributed by atoms with Crippen LogP contribution in [0.2, 0.25) is 0 Å². The summed E-state index contributed by atoms with van der Waals surface area (Å²) in [6.45, 7) is 15.3. The third kappa shape index (κ3) is 4.03. The Morgan fingerprint density at radius 3 is 2.15 bits per heavy atom. The van der Waals surface area contributed by atoms with Gasteiger partial charge in [-0.3, -0.25) is 0 Å². The van der Waals surface area contributed by atoms with Crippen LogP contribution in [0.25, 0.3) is 11.8 Å². The molecule has 27 heavy (non-hydrogen) atoms. The first-order valence-electron chi connectivity index (χ1n) is 9.92. The summed E-state index contributed by atoms with van der Waals surface area (Å²) in [5.74, 6) is 0.460. The minimum atomic E-state index is 0.110. The topological polar surface area (TPSA) is 20.2 Å². The Labute approximate surface area is 164 Å². The third-order valence-electron chi connectivity index (χ3n) is 6.22. The van der Waals surface area contributed by atoms with E-state index in [0.717, 1.165) is 11.1 Å². The SMILES string of the molecule is C=C(O)c1ccc(/C=C/C(C)c2ccc3c(c2)C(C)(C)CCC3(C)C)cc1. The van der Waals surface area contributed by atoms with Gasteiger partial charge >= 0.3 is 0 Å². The molecule has 1 aliphatic rings. The predicted molar refractivity (Wildman–Crippen MR) is 117 cm³/mol. The molecule has 0 saturated heterocycles. The lowest BCUT2D eigenvalue weighted by Crippen LogP contribution is -2.33. The molecule has 2 aromatic carbocycles. The molecule has 0 aromatic heterocycles. The largest absolute Gasteiger partial charge is 0.508 e. The fourth-order valence-electron chi connectivity index (χ4n) is 4.04. The van der Waals surface area contributed by atoms with Gasteiger partial charge in [0.05, 0.1) is 0 Å². The van der Waals surface area contributed by atoms with Gasteiger partial charge in [-0.05, 0) is 51.8 Å². The molecule has 0 saturated carbocycles. The van der Waals surface area contributed by atoms with E-state index in [1.807, 2.05) is 24.3 Å². The van der Waals surface area contributed by atoms with Crippen molar-refractivity contribution in [3.05, 3.63) is 82.9 Å². The number of aliphatic hydroxyl groups excluding tert-OH is 1. The van der Waals surface area contributed by atoms with E-state index in [4.69, 9.17) is 0 Å². The summed E-state index contributed by atoms with van der Waals surface area (Å²) in [5, 5.41) is 9.44. The smallest absolute Gasteiger partial charge is 0.115 e. The molecule has 0 aliphatic heterocycles. The summed E-state index contributed by atoms with van der Waals surface area (Å²) in [4.78, 5) is 0. The number of allylic oxidation sites excluding steroid dienone is 1. The number of benzene rings is 2. The summed E-state index contributed by atoms with van der Waals surface area (Å²) in [6, 6.07) is 14.9. The second-order valence-corrected chi connectivity index (χ2v) is 9.29. The number of fused-ring (bicyclic) bond motifs is 1. The van der Waals surface area contributed by atoms with Crippen LogP contribution in [0.3, 0.4) is 0 Å². The number of rotatable bonds is 4. The Hall–Kier alpha value is -2.28. The molecule has 3 rings (SSSR count). The summed E-state index contributed by atoms with van der Waals surface area (Å²) in [6.07, 6.45) is 6.90. The first kappa shape index (κ1) is 19.5. The van der Waals surface area contributed by atoms with Crippen LogP contribution >= 0.6 is 0 Å². The normalized spacial score (nSPS) is 18.9. The van der Waals surface area contributed by atoms with E-state index in [2.05, 4.69) is 71.5 Å². The van der Waals surface area contributed by atoms with Crippen molar-refractivity contribution in [2.45, 2.75) is 64.2 Å². The van der Waals surface area contributed by atoms with E-state index < -0.39 is 0 Å². The van der Waals surface area contributed by atoms with E-state index in [1.54, 1.807) is 0 Å². The average molecular weight is 361 g/mol. The molecule has 0 bridgehead atoms. The van der Waals surface area contributed by atoms with Crippen LogP contribution in [0.4, 0.5) is 0 Å². The highest BCUT2D eigenvalue weighted by molar-refractivity contribution is 5.60. The van der Waals surface area contributed by atoms with Crippen LogP contribution in [0.1, 0.15) is 81.2 Å². The maximum atomic E-state index is 9.44. The lowest BCUT2D eigenvalue weighted by atomic mass is 9.63. The van der Waals surface area contributed by atoms with Crippen molar-refractivity contribution in [1.29, 1.82) is 0 Å². The highest BCUT2D eigenvalue weighted by atomic mass is 16.3. The molecule has 1 heteroatoms.